The molecule has 1 saturated heterocycles. The highest BCUT2D eigenvalue weighted by Crippen LogP contribution is 2.55. The van der Waals surface area contributed by atoms with Gasteiger partial charge in [-0.15, -0.1) is 0 Å². The highest BCUT2D eigenvalue weighted by Gasteiger charge is 2.54. The van der Waals surface area contributed by atoms with Gasteiger partial charge in [0.1, 0.15) is 6.10 Å². The molecule has 0 spiro atoms. The standard InChI is InChI=1S/C32H35N3O3/c1-6-18-24-15-22(33-4)30(37-5)32(3,38-24)35-23-14-10-9-13-20(23)25-21-16-34-31(36)28(21)26(27(18)29(25)35)19-12-8-7-11-17(19)2/h7-14,18,22,24,30,33H,6,15-16H2,1-5H3,(H,34,36). The van der Waals surface area contributed by atoms with Gasteiger partial charge in [-0.2, -0.15) is 0 Å². The minimum Gasteiger partial charge on any atom is -0.375 e. The lowest BCUT2D eigenvalue weighted by molar-refractivity contribution is -0.242. The van der Waals surface area contributed by atoms with E-state index < -0.39 is 5.72 Å². The summed E-state index contributed by atoms with van der Waals surface area (Å²) in [5.41, 5.74) is 8.11. The molecule has 38 heavy (non-hydrogen) atoms. The molecule has 3 aromatic carbocycles. The van der Waals surface area contributed by atoms with Gasteiger partial charge in [-0.3, -0.25) is 4.79 Å². The maximum absolute atomic E-state index is 13.6. The Bertz CT molecular complexity index is 1620. The SMILES string of the molecule is CCC1c2c(-c3ccccc3C)c3c(c4c5ccccc5n(c24)C2(C)OC1CC(NC)C2OC)CNC3=O. The molecule has 1 aromatic heterocycles. The minimum absolute atomic E-state index is 0.0188. The Hall–Kier alpha value is -3.19. The maximum Gasteiger partial charge on any atom is 0.252 e. The molecule has 6 heteroatoms. The minimum atomic E-state index is -0.737. The van der Waals surface area contributed by atoms with Crippen molar-refractivity contribution in [2.45, 2.75) is 70.1 Å². The van der Waals surface area contributed by atoms with Crippen molar-refractivity contribution >= 4 is 27.7 Å². The number of rotatable bonds is 4. The van der Waals surface area contributed by atoms with Crippen molar-refractivity contribution in [3.63, 3.8) is 0 Å². The third kappa shape index (κ3) is 2.91. The van der Waals surface area contributed by atoms with Gasteiger partial charge in [-0.25, -0.2) is 0 Å². The van der Waals surface area contributed by atoms with E-state index >= 15 is 0 Å². The number of para-hydroxylation sites is 1. The Kier molecular flexibility index (Phi) is 5.28. The largest absolute Gasteiger partial charge is 0.375 e. The molecular formula is C32H35N3O3. The number of ether oxygens (including phenoxy) is 2. The summed E-state index contributed by atoms with van der Waals surface area (Å²) in [4.78, 5) is 13.6. The van der Waals surface area contributed by atoms with Crippen molar-refractivity contribution in [1.29, 1.82) is 0 Å². The van der Waals surface area contributed by atoms with Gasteiger partial charge in [-0.05, 0) is 62.1 Å². The molecule has 1 fully saturated rings. The Morgan fingerprint density at radius 2 is 1.92 bits per heavy atom. The average Bonchev–Trinajstić information content (AvgIpc) is 3.45. The molecule has 0 radical (unpaired) electrons. The van der Waals surface area contributed by atoms with Crippen molar-refractivity contribution < 1.29 is 14.3 Å². The molecule has 5 atom stereocenters. The van der Waals surface area contributed by atoms with Crippen LogP contribution in [-0.2, 0) is 21.7 Å². The highest BCUT2D eigenvalue weighted by molar-refractivity contribution is 6.19. The summed E-state index contributed by atoms with van der Waals surface area (Å²) in [6.07, 6.45) is 1.52. The van der Waals surface area contributed by atoms with Crippen molar-refractivity contribution in [3.05, 3.63) is 70.8 Å². The zero-order chi connectivity index (χ0) is 26.3. The molecule has 1 amide bonds. The van der Waals surface area contributed by atoms with Gasteiger partial charge in [0.05, 0.1) is 22.7 Å². The van der Waals surface area contributed by atoms with Crippen LogP contribution in [0.1, 0.15) is 59.7 Å². The Morgan fingerprint density at radius 1 is 1.16 bits per heavy atom. The first-order chi connectivity index (χ1) is 18.4. The van der Waals surface area contributed by atoms with E-state index in [2.05, 4.69) is 84.5 Å². The summed E-state index contributed by atoms with van der Waals surface area (Å²) >= 11 is 0. The molecule has 0 saturated carbocycles. The highest BCUT2D eigenvalue weighted by atomic mass is 16.6. The van der Waals surface area contributed by atoms with Crippen LogP contribution in [0.3, 0.4) is 0 Å². The second-order valence-corrected chi connectivity index (χ2v) is 11.2. The Balaban J connectivity index is 1.76. The number of benzene rings is 3. The zero-order valence-corrected chi connectivity index (χ0v) is 22.7. The molecule has 4 aromatic rings. The van der Waals surface area contributed by atoms with Crippen LogP contribution in [0.4, 0.5) is 0 Å². The van der Waals surface area contributed by atoms with Gasteiger partial charge >= 0.3 is 0 Å². The molecule has 196 valence electrons. The van der Waals surface area contributed by atoms with Crippen LogP contribution in [0.15, 0.2) is 48.5 Å². The number of nitrogens with one attached hydrogen (secondary N) is 2. The number of likely N-dealkylation sites (N-methyl/N-ethyl adjacent to an activating group) is 1. The van der Waals surface area contributed by atoms with Crippen LogP contribution in [0.25, 0.3) is 32.9 Å². The summed E-state index contributed by atoms with van der Waals surface area (Å²) in [5, 5.41) is 9.07. The summed E-state index contributed by atoms with van der Waals surface area (Å²) in [6.45, 7) is 7.12. The Labute approximate surface area is 223 Å². The number of carbonyl (C=O) groups excluding carboxylic acids is 1. The topological polar surface area (TPSA) is 64.5 Å². The van der Waals surface area contributed by atoms with Crippen LogP contribution >= 0.6 is 0 Å². The lowest BCUT2D eigenvalue weighted by Crippen LogP contribution is -2.61. The number of hydrogen-bond acceptors (Lipinski definition) is 4. The van der Waals surface area contributed by atoms with E-state index in [9.17, 15) is 4.79 Å². The first-order valence-corrected chi connectivity index (χ1v) is 13.8. The van der Waals surface area contributed by atoms with Crippen LogP contribution in [-0.4, -0.2) is 42.9 Å². The summed E-state index contributed by atoms with van der Waals surface area (Å²) in [7, 11) is 3.81. The van der Waals surface area contributed by atoms with Crippen molar-refractivity contribution in [2.75, 3.05) is 14.2 Å². The molecule has 2 bridgehead atoms. The number of methoxy groups -OCH3 is 1. The first-order valence-electron chi connectivity index (χ1n) is 13.8. The van der Waals surface area contributed by atoms with Crippen LogP contribution < -0.4 is 10.6 Å². The van der Waals surface area contributed by atoms with Crippen LogP contribution in [0, 0.1) is 6.92 Å². The van der Waals surface area contributed by atoms with E-state index in [0.717, 1.165) is 46.0 Å². The monoisotopic (exact) mass is 509 g/mol. The molecule has 5 unspecified atom stereocenters. The lowest BCUT2D eigenvalue weighted by Gasteiger charge is -2.49. The third-order valence-corrected chi connectivity index (χ3v) is 9.42. The van der Waals surface area contributed by atoms with Crippen molar-refractivity contribution in [3.8, 4) is 11.1 Å². The number of aryl methyl sites for hydroxylation is 1. The lowest BCUT2D eigenvalue weighted by atomic mass is 9.77. The van der Waals surface area contributed by atoms with E-state index in [4.69, 9.17) is 9.47 Å². The van der Waals surface area contributed by atoms with E-state index in [1.54, 1.807) is 7.11 Å². The molecule has 3 aliphatic heterocycles. The van der Waals surface area contributed by atoms with E-state index in [1.165, 1.54) is 22.0 Å². The van der Waals surface area contributed by atoms with Crippen LogP contribution in [0.5, 0.6) is 0 Å². The molecule has 4 heterocycles. The predicted molar refractivity (Wildman–Crippen MR) is 151 cm³/mol. The third-order valence-electron chi connectivity index (χ3n) is 9.42. The number of fused-ring (bicyclic) bond motifs is 8. The van der Waals surface area contributed by atoms with Gasteiger partial charge in [0, 0.05) is 42.0 Å². The second kappa shape index (κ2) is 8.40. The summed E-state index contributed by atoms with van der Waals surface area (Å²) < 4.78 is 15.8. The van der Waals surface area contributed by atoms with Gasteiger partial charge in [0.25, 0.3) is 5.91 Å². The number of nitrogens with zero attached hydrogens (tertiary/aromatic N) is 1. The first kappa shape index (κ1) is 23.9. The van der Waals surface area contributed by atoms with Gasteiger partial charge < -0.3 is 24.7 Å². The smallest absolute Gasteiger partial charge is 0.252 e. The van der Waals surface area contributed by atoms with E-state index in [0.29, 0.717) is 6.54 Å². The quantitative estimate of drug-likeness (QED) is 0.377. The zero-order valence-electron chi connectivity index (χ0n) is 22.7. The van der Waals surface area contributed by atoms with Crippen LogP contribution in [0.2, 0.25) is 0 Å². The average molecular weight is 510 g/mol. The van der Waals surface area contributed by atoms with E-state index in [-0.39, 0.29) is 30.1 Å². The molecule has 7 rings (SSSR count). The fourth-order valence-corrected chi connectivity index (χ4v) is 7.87. The van der Waals surface area contributed by atoms with Crippen molar-refractivity contribution in [2.24, 2.45) is 0 Å². The number of hydrogen-bond donors (Lipinski definition) is 2. The van der Waals surface area contributed by atoms with Gasteiger partial charge in [0.2, 0.25) is 0 Å². The fourth-order valence-electron chi connectivity index (χ4n) is 7.87. The molecule has 3 aliphatic rings. The predicted octanol–water partition coefficient (Wildman–Crippen LogP) is 5.59. The summed E-state index contributed by atoms with van der Waals surface area (Å²) in [5.74, 6) is 0.134. The van der Waals surface area contributed by atoms with E-state index in [1.807, 2.05) is 7.05 Å². The molecule has 6 nitrogen and oxygen atoms in total. The maximum atomic E-state index is 13.6. The Morgan fingerprint density at radius 3 is 2.66 bits per heavy atom. The normalized spacial score (nSPS) is 28.0. The fraction of sp³-hybridized carbons (Fsp3) is 0.406. The molecular weight excluding hydrogens is 474 g/mol. The number of amides is 1. The van der Waals surface area contributed by atoms with Crippen molar-refractivity contribution in [1.82, 2.24) is 15.2 Å². The molecule has 2 N–H and O–H groups in total. The number of carbonyl (C=O) groups is 1. The van der Waals surface area contributed by atoms with Gasteiger partial charge in [-0.1, -0.05) is 49.4 Å². The molecule has 0 aliphatic carbocycles. The summed E-state index contributed by atoms with van der Waals surface area (Å²) in [6, 6.07) is 17.2. The van der Waals surface area contributed by atoms with Gasteiger partial charge in [0.15, 0.2) is 5.72 Å². The number of aromatic nitrogens is 1. The second-order valence-electron chi connectivity index (χ2n) is 11.2.